The smallest absolute Gasteiger partial charge is 0.149 e. The summed E-state index contributed by atoms with van der Waals surface area (Å²) >= 11 is 3.09. The summed E-state index contributed by atoms with van der Waals surface area (Å²) in [4.78, 5) is 0. The first-order valence-corrected chi connectivity index (χ1v) is 6.99. The van der Waals surface area contributed by atoms with E-state index >= 15 is 0 Å². The minimum absolute atomic E-state index is 0.242. The maximum Gasteiger partial charge on any atom is 0.149 e. The monoisotopic (exact) mass is 317 g/mol. The molecule has 0 bridgehead atoms. The van der Waals surface area contributed by atoms with Gasteiger partial charge in [-0.1, -0.05) is 20.8 Å². The molecule has 18 heavy (non-hydrogen) atoms. The van der Waals surface area contributed by atoms with Crippen LogP contribution in [0.25, 0.3) is 0 Å². The molecule has 0 spiro atoms. The molecular weight excluding hydrogens is 300 g/mol. The quantitative estimate of drug-likeness (QED) is 0.760. The first kappa shape index (κ1) is 13.8. The van der Waals surface area contributed by atoms with E-state index in [1.54, 1.807) is 0 Å². The summed E-state index contributed by atoms with van der Waals surface area (Å²) in [6, 6.07) is 2.63. The van der Waals surface area contributed by atoms with Gasteiger partial charge in [0.25, 0.3) is 0 Å². The molecule has 0 amide bonds. The molecule has 1 aliphatic carbocycles. The van der Waals surface area contributed by atoms with Gasteiger partial charge in [-0.2, -0.15) is 0 Å². The van der Waals surface area contributed by atoms with E-state index in [0.717, 1.165) is 18.9 Å². The van der Waals surface area contributed by atoms with Crippen LogP contribution in [0.3, 0.4) is 0 Å². The van der Waals surface area contributed by atoms with Gasteiger partial charge in [0.05, 0.1) is 10.2 Å². The summed E-state index contributed by atoms with van der Waals surface area (Å²) in [5.74, 6) is -0.617. The molecule has 0 heterocycles. The lowest BCUT2D eigenvalue weighted by atomic mass is 9.91. The van der Waals surface area contributed by atoms with Gasteiger partial charge in [-0.05, 0) is 46.2 Å². The second kappa shape index (κ2) is 4.80. The maximum atomic E-state index is 13.7. The van der Waals surface area contributed by atoms with Crippen molar-refractivity contribution in [2.45, 2.75) is 39.7 Å². The highest BCUT2D eigenvalue weighted by Gasteiger charge is 2.36. The van der Waals surface area contributed by atoms with Crippen molar-refractivity contribution in [3.05, 3.63) is 28.2 Å². The molecule has 0 saturated heterocycles. The predicted octanol–water partition coefficient (Wildman–Crippen LogP) is 4.96. The Kier molecular flexibility index (Phi) is 3.67. The molecule has 2 atom stereocenters. The van der Waals surface area contributed by atoms with Crippen molar-refractivity contribution < 1.29 is 8.78 Å². The minimum atomic E-state index is -0.571. The highest BCUT2D eigenvalue weighted by atomic mass is 79.9. The first-order valence-electron chi connectivity index (χ1n) is 6.19. The molecule has 0 aromatic heterocycles. The summed E-state index contributed by atoms with van der Waals surface area (Å²) in [5.41, 5.74) is 0.656. The normalized spacial score (nSPS) is 26.3. The number of benzene rings is 1. The van der Waals surface area contributed by atoms with Gasteiger partial charge in [-0.25, -0.2) is 8.78 Å². The molecule has 0 aliphatic heterocycles. The highest BCUT2D eigenvalue weighted by Crippen LogP contribution is 2.42. The molecule has 2 rings (SSSR count). The lowest BCUT2D eigenvalue weighted by Crippen LogP contribution is -2.23. The van der Waals surface area contributed by atoms with Gasteiger partial charge in [0.2, 0.25) is 0 Å². The Bertz CT molecular complexity index is 459. The van der Waals surface area contributed by atoms with Crippen LogP contribution in [0, 0.1) is 23.0 Å². The Morgan fingerprint density at radius 1 is 1.22 bits per heavy atom. The SMILES string of the molecule is CC1CC(C)(C)CC1Nc1cc(Br)c(F)cc1F. The van der Waals surface area contributed by atoms with Crippen LogP contribution in [0.15, 0.2) is 16.6 Å². The lowest BCUT2D eigenvalue weighted by Gasteiger charge is -2.20. The Balaban J connectivity index is 2.18. The molecule has 100 valence electrons. The van der Waals surface area contributed by atoms with Gasteiger partial charge < -0.3 is 5.32 Å². The Morgan fingerprint density at radius 3 is 2.44 bits per heavy atom. The van der Waals surface area contributed by atoms with E-state index in [4.69, 9.17) is 0 Å². The zero-order valence-corrected chi connectivity index (χ0v) is 12.4. The van der Waals surface area contributed by atoms with Crippen molar-refractivity contribution in [2.24, 2.45) is 11.3 Å². The third kappa shape index (κ3) is 2.85. The number of hydrogen-bond donors (Lipinski definition) is 1. The molecule has 1 nitrogen and oxygen atoms in total. The van der Waals surface area contributed by atoms with Crippen LogP contribution >= 0.6 is 15.9 Å². The minimum Gasteiger partial charge on any atom is -0.380 e. The average Bonchev–Trinajstić information content (AvgIpc) is 2.48. The van der Waals surface area contributed by atoms with E-state index in [1.165, 1.54) is 6.07 Å². The molecule has 4 heteroatoms. The van der Waals surface area contributed by atoms with E-state index in [-0.39, 0.29) is 15.9 Å². The summed E-state index contributed by atoms with van der Waals surface area (Å²) < 4.78 is 27.1. The number of hydrogen-bond acceptors (Lipinski definition) is 1. The molecule has 0 radical (unpaired) electrons. The fourth-order valence-electron chi connectivity index (χ4n) is 2.92. The third-order valence-corrected chi connectivity index (χ3v) is 4.29. The fourth-order valence-corrected chi connectivity index (χ4v) is 3.26. The number of rotatable bonds is 2. The van der Waals surface area contributed by atoms with Crippen LogP contribution < -0.4 is 5.32 Å². The summed E-state index contributed by atoms with van der Waals surface area (Å²) in [6.45, 7) is 6.62. The maximum absolute atomic E-state index is 13.7. The largest absolute Gasteiger partial charge is 0.380 e. The van der Waals surface area contributed by atoms with E-state index in [9.17, 15) is 8.78 Å². The van der Waals surface area contributed by atoms with Crippen molar-refractivity contribution >= 4 is 21.6 Å². The Labute approximate surface area is 115 Å². The lowest BCUT2D eigenvalue weighted by molar-refractivity contribution is 0.366. The number of halogens is 3. The third-order valence-electron chi connectivity index (χ3n) is 3.68. The zero-order valence-electron chi connectivity index (χ0n) is 10.9. The molecule has 1 N–H and O–H groups in total. The first-order chi connectivity index (χ1) is 8.28. The summed E-state index contributed by atoms with van der Waals surface area (Å²) in [7, 11) is 0. The molecule has 1 aromatic rings. The van der Waals surface area contributed by atoms with E-state index in [1.807, 2.05) is 0 Å². The molecule has 2 unspecified atom stereocenters. The molecule has 1 aromatic carbocycles. The molecule has 1 aliphatic rings. The highest BCUT2D eigenvalue weighted by molar-refractivity contribution is 9.10. The molecule has 1 fully saturated rings. The van der Waals surface area contributed by atoms with Gasteiger partial charge >= 0.3 is 0 Å². The molecular formula is C14H18BrF2N. The Morgan fingerprint density at radius 2 is 1.89 bits per heavy atom. The summed E-state index contributed by atoms with van der Waals surface area (Å²) in [5, 5.41) is 3.21. The van der Waals surface area contributed by atoms with Gasteiger partial charge in [0.15, 0.2) is 0 Å². The van der Waals surface area contributed by atoms with E-state index in [2.05, 4.69) is 42.0 Å². The van der Waals surface area contributed by atoms with Crippen LogP contribution in [-0.4, -0.2) is 6.04 Å². The van der Waals surface area contributed by atoms with Crippen molar-refractivity contribution in [2.75, 3.05) is 5.32 Å². The van der Waals surface area contributed by atoms with Crippen molar-refractivity contribution in [1.82, 2.24) is 0 Å². The van der Waals surface area contributed by atoms with E-state index in [0.29, 0.717) is 11.6 Å². The van der Waals surface area contributed by atoms with Crippen LogP contribution in [-0.2, 0) is 0 Å². The van der Waals surface area contributed by atoms with Gasteiger partial charge in [0.1, 0.15) is 11.6 Å². The second-order valence-corrected chi connectivity index (χ2v) is 6.90. The average molecular weight is 318 g/mol. The summed E-state index contributed by atoms with van der Waals surface area (Å²) in [6.07, 6.45) is 2.12. The standard InChI is InChI=1S/C14H18BrF2N/c1-8-6-14(2,3)7-13(8)18-12-4-9(15)10(16)5-11(12)17/h4-5,8,13,18H,6-7H2,1-3H3. The zero-order chi connectivity index (χ0) is 13.5. The number of anilines is 1. The van der Waals surface area contributed by atoms with Crippen LogP contribution in [0.4, 0.5) is 14.5 Å². The van der Waals surface area contributed by atoms with Crippen molar-refractivity contribution in [3.63, 3.8) is 0 Å². The van der Waals surface area contributed by atoms with Gasteiger partial charge in [-0.3, -0.25) is 0 Å². The van der Waals surface area contributed by atoms with Crippen LogP contribution in [0.1, 0.15) is 33.6 Å². The van der Waals surface area contributed by atoms with E-state index < -0.39 is 11.6 Å². The van der Waals surface area contributed by atoms with Crippen LogP contribution in [0.5, 0.6) is 0 Å². The molecule has 1 saturated carbocycles. The topological polar surface area (TPSA) is 12.0 Å². The van der Waals surface area contributed by atoms with Crippen molar-refractivity contribution in [1.29, 1.82) is 0 Å². The van der Waals surface area contributed by atoms with Crippen molar-refractivity contribution in [3.8, 4) is 0 Å². The van der Waals surface area contributed by atoms with Gasteiger partial charge in [0, 0.05) is 12.1 Å². The predicted molar refractivity (Wildman–Crippen MR) is 73.6 cm³/mol. The fraction of sp³-hybridized carbons (Fsp3) is 0.571. The van der Waals surface area contributed by atoms with Gasteiger partial charge in [-0.15, -0.1) is 0 Å². The second-order valence-electron chi connectivity index (χ2n) is 6.05. The number of nitrogens with one attached hydrogen (secondary N) is 1. The van der Waals surface area contributed by atoms with Crippen LogP contribution in [0.2, 0.25) is 0 Å². The Hall–Kier alpha value is -0.640.